The maximum atomic E-state index is 10.5. The van der Waals surface area contributed by atoms with Crippen LogP contribution in [-0.2, 0) is 13.9 Å². The van der Waals surface area contributed by atoms with Gasteiger partial charge in [0.15, 0.2) is 0 Å². The summed E-state index contributed by atoms with van der Waals surface area (Å²) in [4.78, 5) is 30.7. The van der Waals surface area contributed by atoms with Crippen molar-refractivity contribution >= 4 is 13.9 Å². The molecule has 0 aliphatic rings. The number of aliphatic imine (C=N–C) groups is 1. The Labute approximate surface area is 210 Å². The molecule has 0 rings (SSSR count). The van der Waals surface area contributed by atoms with Crippen LogP contribution in [0, 0.1) is 0 Å². The maximum absolute atomic E-state index is 10.5. The minimum Gasteiger partial charge on any atom is -0.303 e. The quantitative estimate of drug-likeness (QED) is 0.0481. The Morgan fingerprint density at radius 2 is 0.765 bits per heavy atom. The van der Waals surface area contributed by atoms with E-state index in [1.54, 1.807) is 6.08 Å². The van der Waals surface area contributed by atoms with Gasteiger partial charge in [0.05, 0.1) is 13.2 Å². The van der Waals surface area contributed by atoms with E-state index in [1.165, 1.54) is 128 Å². The van der Waals surface area contributed by atoms with Gasteiger partial charge in [-0.25, -0.2) is 14.4 Å². The molecule has 0 amide bonds. The number of unbranched alkanes of at least 4 members (excludes halogenated alkanes) is 23. The van der Waals surface area contributed by atoms with Crippen molar-refractivity contribution in [2.75, 3.05) is 13.2 Å². The molecule has 0 aromatic carbocycles. The van der Waals surface area contributed by atoms with Gasteiger partial charge in [-0.3, -0.25) is 4.52 Å². The first-order chi connectivity index (χ1) is 16.6. The van der Waals surface area contributed by atoms with Crippen molar-refractivity contribution in [3.05, 3.63) is 0 Å². The fourth-order valence-corrected chi connectivity index (χ4v) is 4.78. The van der Waals surface area contributed by atoms with Crippen LogP contribution in [0.1, 0.15) is 154 Å². The van der Waals surface area contributed by atoms with E-state index in [1.807, 2.05) is 0 Å². The zero-order valence-electron chi connectivity index (χ0n) is 21.9. The molecule has 0 aromatic heterocycles. The Balaban J connectivity index is 3.05. The normalized spacial score (nSPS) is 11.6. The number of phosphoric acid groups is 1. The molecule has 0 saturated carbocycles. The van der Waals surface area contributed by atoms with Crippen molar-refractivity contribution in [3.63, 3.8) is 0 Å². The van der Waals surface area contributed by atoms with Gasteiger partial charge in [-0.2, -0.15) is 0 Å². The Morgan fingerprint density at radius 3 is 1.03 bits per heavy atom. The van der Waals surface area contributed by atoms with E-state index in [0.29, 0.717) is 6.54 Å². The number of rotatable bonds is 28. The van der Waals surface area contributed by atoms with E-state index in [2.05, 4.69) is 9.52 Å². The largest absolute Gasteiger partial charge is 0.469 e. The molecule has 0 unspecified atom stereocenters. The van der Waals surface area contributed by atoms with E-state index in [-0.39, 0.29) is 6.61 Å². The first kappa shape index (κ1) is 33.5. The average Bonchev–Trinajstić information content (AvgIpc) is 2.80. The second-order valence-electron chi connectivity index (χ2n) is 9.78. The molecule has 0 saturated heterocycles. The second kappa shape index (κ2) is 27.1. The standard InChI is InChI=1S/C27H54NO5P/c29-27-28-25-23-21-19-17-15-13-11-9-7-5-3-1-2-4-6-8-10-12-14-16-18-20-22-24-26-33-34(30,31)32/h1-26H2,(H2,30,31,32). The summed E-state index contributed by atoms with van der Waals surface area (Å²) in [7, 11) is -4.27. The van der Waals surface area contributed by atoms with Gasteiger partial charge in [0, 0.05) is 0 Å². The summed E-state index contributed by atoms with van der Waals surface area (Å²) in [6.07, 6.45) is 32.5. The lowest BCUT2D eigenvalue weighted by Gasteiger charge is -2.05. The van der Waals surface area contributed by atoms with Crippen molar-refractivity contribution in [1.29, 1.82) is 0 Å². The van der Waals surface area contributed by atoms with E-state index in [4.69, 9.17) is 9.79 Å². The number of phosphoric ester groups is 1. The molecular weight excluding hydrogens is 449 g/mol. The van der Waals surface area contributed by atoms with Gasteiger partial charge in [-0.05, 0) is 12.8 Å². The molecule has 0 aliphatic carbocycles. The second-order valence-corrected chi connectivity index (χ2v) is 11.0. The maximum Gasteiger partial charge on any atom is 0.469 e. The van der Waals surface area contributed by atoms with Gasteiger partial charge in [-0.1, -0.05) is 141 Å². The van der Waals surface area contributed by atoms with Crippen LogP contribution in [0.3, 0.4) is 0 Å². The van der Waals surface area contributed by atoms with Crippen molar-refractivity contribution in [3.8, 4) is 0 Å². The molecule has 0 atom stereocenters. The summed E-state index contributed by atoms with van der Waals surface area (Å²) in [6, 6.07) is 0. The Morgan fingerprint density at radius 1 is 0.500 bits per heavy atom. The molecule has 2 N–H and O–H groups in total. The number of hydrogen-bond acceptors (Lipinski definition) is 4. The highest BCUT2D eigenvalue weighted by Gasteiger charge is 2.12. The lowest BCUT2D eigenvalue weighted by molar-refractivity contribution is 0.193. The van der Waals surface area contributed by atoms with Crippen molar-refractivity contribution in [1.82, 2.24) is 0 Å². The van der Waals surface area contributed by atoms with Crippen molar-refractivity contribution in [2.45, 2.75) is 154 Å². The number of isocyanates is 1. The molecule has 0 spiro atoms. The van der Waals surface area contributed by atoms with E-state index >= 15 is 0 Å². The Hall–Kier alpha value is -0.510. The zero-order chi connectivity index (χ0) is 25.0. The molecule has 0 bridgehead atoms. The van der Waals surface area contributed by atoms with E-state index < -0.39 is 7.82 Å². The summed E-state index contributed by atoms with van der Waals surface area (Å²) in [5.74, 6) is 0. The van der Waals surface area contributed by atoms with Gasteiger partial charge >= 0.3 is 7.82 Å². The van der Waals surface area contributed by atoms with Crippen LogP contribution in [0.25, 0.3) is 0 Å². The molecule has 0 heterocycles. The van der Waals surface area contributed by atoms with Crippen LogP contribution in [0.5, 0.6) is 0 Å². The van der Waals surface area contributed by atoms with E-state index in [9.17, 15) is 9.36 Å². The molecule has 0 radical (unpaired) electrons. The lowest BCUT2D eigenvalue weighted by atomic mass is 10.0. The molecule has 0 fully saturated rings. The zero-order valence-corrected chi connectivity index (χ0v) is 22.8. The molecule has 6 nitrogen and oxygen atoms in total. The minimum absolute atomic E-state index is 0.161. The summed E-state index contributed by atoms with van der Waals surface area (Å²) in [5, 5.41) is 0. The Bertz CT molecular complexity index is 505. The SMILES string of the molecule is O=C=NCCCCCCCCCCCCCCCCCCCCCCCCCCOP(=O)(O)O. The summed E-state index contributed by atoms with van der Waals surface area (Å²) in [5.41, 5.74) is 0. The lowest BCUT2D eigenvalue weighted by Crippen LogP contribution is -1.92. The van der Waals surface area contributed by atoms with Gasteiger partial charge in [0.25, 0.3) is 0 Å². The first-order valence-electron chi connectivity index (χ1n) is 14.3. The summed E-state index contributed by atoms with van der Waals surface area (Å²) >= 11 is 0. The number of hydrogen-bond donors (Lipinski definition) is 2. The topological polar surface area (TPSA) is 96.2 Å². The van der Waals surface area contributed by atoms with Gasteiger partial charge in [-0.15, -0.1) is 0 Å². The monoisotopic (exact) mass is 503 g/mol. The van der Waals surface area contributed by atoms with Crippen molar-refractivity contribution in [2.24, 2.45) is 4.99 Å². The van der Waals surface area contributed by atoms with Crippen LogP contribution in [0.4, 0.5) is 0 Å². The van der Waals surface area contributed by atoms with Crippen molar-refractivity contribution < 1.29 is 23.7 Å². The third-order valence-electron chi connectivity index (χ3n) is 6.49. The third kappa shape index (κ3) is 31.5. The smallest absolute Gasteiger partial charge is 0.303 e. The highest BCUT2D eigenvalue weighted by atomic mass is 31.2. The van der Waals surface area contributed by atoms with Gasteiger partial charge < -0.3 is 9.79 Å². The fourth-order valence-electron chi connectivity index (χ4n) is 4.41. The third-order valence-corrected chi connectivity index (χ3v) is 7.01. The molecule has 34 heavy (non-hydrogen) atoms. The summed E-state index contributed by atoms with van der Waals surface area (Å²) < 4.78 is 15.0. The van der Waals surface area contributed by atoms with Gasteiger partial charge in [0.1, 0.15) is 0 Å². The van der Waals surface area contributed by atoms with Crippen LogP contribution >= 0.6 is 7.82 Å². The summed E-state index contributed by atoms with van der Waals surface area (Å²) in [6.45, 7) is 0.812. The molecule has 7 heteroatoms. The van der Waals surface area contributed by atoms with Crippen LogP contribution in [-0.4, -0.2) is 29.0 Å². The number of carbonyl (C=O) groups excluding carboxylic acids is 1. The predicted molar refractivity (Wildman–Crippen MR) is 142 cm³/mol. The first-order valence-corrected chi connectivity index (χ1v) is 15.8. The van der Waals surface area contributed by atoms with Crippen LogP contribution in [0.2, 0.25) is 0 Å². The highest BCUT2D eigenvalue weighted by Crippen LogP contribution is 2.35. The highest BCUT2D eigenvalue weighted by molar-refractivity contribution is 7.46. The van der Waals surface area contributed by atoms with Crippen LogP contribution < -0.4 is 0 Å². The average molecular weight is 504 g/mol. The molecular formula is C27H54NO5P. The molecule has 0 aromatic rings. The predicted octanol–water partition coefficient (Wildman–Crippen LogP) is 8.79. The van der Waals surface area contributed by atoms with Gasteiger partial charge in [0.2, 0.25) is 6.08 Å². The minimum atomic E-state index is -4.27. The molecule has 202 valence electrons. The molecule has 0 aliphatic heterocycles. The fraction of sp³-hybridized carbons (Fsp3) is 0.963. The Kier molecular flexibility index (Phi) is 26.7. The number of nitrogens with zero attached hydrogens (tertiary/aromatic N) is 1. The van der Waals surface area contributed by atoms with E-state index in [0.717, 1.165) is 25.7 Å². The van der Waals surface area contributed by atoms with Crippen LogP contribution in [0.15, 0.2) is 4.99 Å².